The molecule has 0 atom stereocenters. The van der Waals surface area contributed by atoms with Crippen LogP contribution in [0, 0.1) is 0 Å². The summed E-state index contributed by atoms with van der Waals surface area (Å²) in [4.78, 5) is 22.0. The van der Waals surface area contributed by atoms with Gasteiger partial charge in [0, 0.05) is 22.5 Å². The molecule has 0 saturated heterocycles. The average molecular weight is 378 g/mol. The Bertz CT molecular complexity index is 497. The van der Waals surface area contributed by atoms with Gasteiger partial charge in [-0.3, -0.25) is 4.79 Å². The van der Waals surface area contributed by atoms with Gasteiger partial charge in [0.1, 0.15) is 0 Å². The Hall–Kier alpha value is -1.27. The summed E-state index contributed by atoms with van der Waals surface area (Å²) in [6, 6.07) is 4.87. The van der Waals surface area contributed by atoms with Crippen molar-refractivity contribution in [1.29, 1.82) is 0 Å². The van der Waals surface area contributed by atoms with Gasteiger partial charge >= 0.3 is 12.0 Å². The summed E-state index contributed by atoms with van der Waals surface area (Å²) >= 11 is 9.20. The van der Waals surface area contributed by atoms with Crippen molar-refractivity contribution in [2.45, 2.75) is 32.1 Å². The molecule has 1 aromatic carbocycles. The Morgan fingerprint density at radius 3 is 2.62 bits per heavy atom. The van der Waals surface area contributed by atoms with Gasteiger partial charge in [0.05, 0.1) is 5.69 Å². The molecule has 0 unspecified atom stereocenters. The second kappa shape index (κ2) is 9.63. The molecule has 0 bridgehead atoms. The lowest BCUT2D eigenvalue weighted by Crippen LogP contribution is -2.29. The number of rotatable bonds is 8. The molecule has 7 heteroatoms. The molecule has 0 aliphatic carbocycles. The van der Waals surface area contributed by atoms with E-state index in [2.05, 4.69) is 26.6 Å². The summed E-state index contributed by atoms with van der Waals surface area (Å²) in [6.45, 7) is 0.553. The number of urea groups is 1. The minimum absolute atomic E-state index is 0.205. The SMILES string of the molecule is O=C(O)CCCCCCNC(=O)Nc1cc(Cl)ccc1Br. The highest BCUT2D eigenvalue weighted by molar-refractivity contribution is 9.10. The molecule has 0 aromatic heterocycles. The van der Waals surface area contributed by atoms with Crippen LogP contribution in [0.15, 0.2) is 22.7 Å². The highest BCUT2D eigenvalue weighted by atomic mass is 79.9. The van der Waals surface area contributed by atoms with Crippen LogP contribution >= 0.6 is 27.5 Å². The van der Waals surface area contributed by atoms with E-state index in [1.54, 1.807) is 18.2 Å². The summed E-state index contributed by atoms with van der Waals surface area (Å²) in [5, 5.41) is 14.5. The first kappa shape index (κ1) is 17.8. The summed E-state index contributed by atoms with van der Waals surface area (Å²) < 4.78 is 0.760. The standard InChI is InChI=1S/C14H18BrClN2O3/c15-11-7-6-10(16)9-12(11)18-14(21)17-8-4-2-1-3-5-13(19)20/h6-7,9H,1-5,8H2,(H,19,20)(H2,17,18,21). The van der Waals surface area contributed by atoms with E-state index in [-0.39, 0.29) is 12.5 Å². The van der Waals surface area contributed by atoms with E-state index in [9.17, 15) is 9.59 Å². The van der Waals surface area contributed by atoms with Crippen LogP contribution in [0.3, 0.4) is 0 Å². The van der Waals surface area contributed by atoms with Crippen molar-refractivity contribution in [1.82, 2.24) is 5.32 Å². The zero-order valence-corrected chi connectivity index (χ0v) is 13.8. The summed E-state index contributed by atoms with van der Waals surface area (Å²) in [6.07, 6.45) is 3.46. The average Bonchev–Trinajstić information content (AvgIpc) is 2.41. The molecule has 0 aliphatic rings. The van der Waals surface area contributed by atoms with E-state index in [0.717, 1.165) is 23.7 Å². The number of unbranched alkanes of at least 4 members (excludes halogenated alkanes) is 3. The van der Waals surface area contributed by atoms with Crippen LogP contribution in [0.25, 0.3) is 0 Å². The van der Waals surface area contributed by atoms with Crippen LogP contribution in [0.1, 0.15) is 32.1 Å². The second-order valence-electron chi connectivity index (χ2n) is 4.56. The fourth-order valence-electron chi connectivity index (χ4n) is 1.72. The Morgan fingerprint density at radius 2 is 1.90 bits per heavy atom. The van der Waals surface area contributed by atoms with Crippen molar-refractivity contribution < 1.29 is 14.7 Å². The lowest BCUT2D eigenvalue weighted by molar-refractivity contribution is -0.137. The number of halogens is 2. The van der Waals surface area contributed by atoms with Crippen molar-refractivity contribution in [3.05, 3.63) is 27.7 Å². The molecule has 0 aliphatic heterocycles. The van der Waals surface area contributed by atoms with Gasteiger partial charge in [0.15, 0.2) is 0 Å². The number of nitrogens with one attached hydrogen (secondary N) is 2. The third kappa shape index (κ3) is 7.92. The fourth-order valence-corrected chi connectivity index (χ4v) is 2.23. The Labute approximate surface area is 137 Å². The van der Waals surface area contributed by atoms with Crippen LogP contribution in [-0.4, -0.2) is 23.7 Å². The zero-order valence-electron chi connectivity index (χ0n) is 11.5. The molecule has 5 nitrogen and oxygen atoms in total. The van der Waals surface area contributed by atoms with E-state index in [4.69, 9.17) is 16.7 Å². The van der Waals surface area contributed by atoms with E-state index < -0.39 is 5.97 Å². The van der Waals surface area contributed by atoms with E-state index >= 15 is 0 Å². The van der Waals surface area contributed by atoms with Crippen molar-refractivity contribution in [2.75, 3.05) is 11.9 Å². The number of hydrogen-bond acceptors (Lipinski definition) is 2. The molecule has 0 spiro atoms. The summed E-state index contributed by atoms with van der Waals surface area (Å²) in [5.41, 5.74) is 0.612. The Kier molecular flexibility index (Phi) is 8.15. The largest absolute Gasteiger partial charge is 0.481 e. The Balaban J connectivity index is 2.17. The number of anilines is 1. The molecular formula is C14H18BrClN2O3. The van der Waals surface area contributed by atoms with Gasteiger partial charge in [0.25, 0.3) is 0 Å². The molecule has 0 radical (unpaired) electrons. The second-order valence-corrected chi connectivity index (χ2v) is 5.85. The van der Waals surface area contributed by atoms with Gasteiger partial charge in [-0.1, -0.05) is 24.4 Å². The van der Waals surface area contributed by atoms with Crippen LogP contribution in [0.4, 0.5) is 10.5 Å². The normalized spacial score (nSPS) is 10.2. The quantitative estimate of drug-likeness (QED) is 0.592. The lowest BCUT2D eigenvalue weighted by Gasteiger charge is -2.09. The molecule has 3 N–H and O–H groups in total. The number of carbonyl (C=O) groups excluding carboxylic acids is 1. The van der Waals surface area contributed by atoms with Crippen LogP contribution in [0.5, 0.6) is 0 Å². The third-order valence-corrected chi connectivity index (χ3v) is 3.71. The smallest absolute Gasteiger partial charge is 0.319 e. The van der Waals surface area contributed by atoms with Gasteiger partial charge in [-0.2, -0.15) is 0 Å². The zero-order chi connectivity index (χ0) is 15.7. The summed E-state index contributed by atoms with van der Waals surface area (Å²) in [7, 11) is 0. The number of hydrogen-bond donors (Lipinski definition) is 3. The maximum Gasteiger partial charge on any atom is 0.319 e. The first-order valence-electron chi connectivity index (χ1n) is 6.70. The van der Waals surface area contributed by atoms with Crippen LogP contribution < -0.4 is 10.6 Å². The van der Waals surface area contributed by atoms with Crippen molar-refractivity contribution >= 4 is 45.2 Å². The first-order chi connectivity index (χ1) is 9.99. The number of carboxylic acids is 1. The van der Waals surface area contributed by atoms with Crippen molar-refractivity contribution in [3.8, 4) is 0 Å². The predicted molar refractivity (Wildman–Crippen MR) is 86.9 cm³/mol. The molecular weight excluding hydrogens is 360 g/mol. The van der Waals surface area contributed by atoms with Crippen LogP contribution in [-0.2, 0) is 4.79 Å². The van der Waals surface area contributed by atoms with Gasteiger partial charge in [0.2, 0.25) is 0 Å². The maximum absolute atomic E-state index is 11.7. The van der Waals surface area contributed by atoms with Crippen molar-refractivity contribution in [3.63, 3.8) is 0 Å². The molecule has 2 amide bonds. The molecule has 0 saturated carbocycles. The molecule has 116 valence electrons. The maximum atomic E-state index is 11.7. The van der Waals surface area contributed by atoms with E-state index in [0.29, 0.717) is 23.7 Å². The topological polar surface area (TPSA) is 78.4 Å². The number of amides is 2. The van der Waals surface area contributed by atoms with Gasteiger partial charge in [-0.05, 0) is 47.0 Å². The van der Waals surface area contributed by atoms with Gasteiger partial charge < -0.3 is 15.7 Å². The van der Waals surface area contributed by atoms with Crippen molar-refractivity contribution in [2.24, 2.45) is 0 Å². The van der Waals surface area contributed by atoms with Gasteiger partial charge in [-0.15, -0.1) is 0 Å². The van der Waals surface area contributed by atoms with E-state index in [1.165, 1.54) is 0 Å². The monoisotopic (exact) mass is 376 g/mol. The molecule has 21 heavy (non-hydrogen) atoms. The van der Waals surface area contributed by atoms with Crippen LogP contribution in [0.2, 0.25) is 5.02 Å². The summed E-state index contributed by atoms with van der Waals surface area (Å²) in [5.74, 6) is -0.764. The first-order valence-corrected chi connectivity index (χ1v) is 7.88. The molecule has 0 heterocycles. The predicted octanol–water partition coefficient (Wildman–Crippen LogP) is 4.26. The van der Waals surface area contributed by atoms with E-state index in [1.807, 2.05) is 0 Å². The minimum Gasteiger partial charge on any atom is -0.481 e. The minimum atomic E-state index is -0.764. The van der Waals surface area contributed by atoms with Gasteiger partial charge in [-0.25, -0.2) is 4.79 Å². The third-order valence-electron chi connectivity index (χ3n) is 2.78. The molecule has 1 rings (SSSR count). The molecule has 1 aromatic rings. The highest BCUT2D eigenvalue weighted by Crippen LogP contribution is 2.25. The highest BCUT2D eigenvalue weighted by Gasteiger charge is 2.05. The lowest BCUT2D eigenvalue weighted by atomic mass is 10.1. The fraction of sp³-hybridized carbons (Fsp3) is 0.429. The number of carbonyl (C=O) groups is 2. The molecule has 0 fully saturated rings. The number of carboxylic acid groups (broad SMARTS) is 1. The number of benzene rings is 1. The Morgan fingerprint density at radius 1 is 1.19 bits per heavy atom. The number of aliphatic carboxylic acids is 1.